The molecular weight excluding hydrogens is 292 g/mol. The second-order valence-electron chi connectivity index (χ2n) is 5.07. The Morgan fingerprint density at radius 3 is 2.61 bits per heavy atom. The van der Waals surface area contributed by atoms with Crippen LogP contribution in [0.25, 0.3) is 0 Å². The van der Waals surface area contributed by atoms with E-state index in [1.165, 1.54) is 0 Å². The first kappa shape index (κ1) is 13.6. The lowest BCUT2D eigenvalue weighted by Crippen LogP contribution is -2.43. The molecule has 0 aromatic heterocycles. The average Bonchev–Trinajstić information content (AvgIpc) is 2.31. The summed E-state index contributed by atoms with van der Waals surface area (Å²) in [7, 11) is 2.12. The first-order valence-corrected chi connectivity index (χ1v) is 7.10. The molecule has 4 heteroatoms. The van der Waals surface area contributed by atoms with E-state index in [0.29, 0.717) is 6.04 Å². The summed E-state index contributed by atoms with van der Waals surface area (Å²) in [4.78, 5) is 14.5. The second-order valence-corrected chi connectivity index (χ2v) is 5.98. The van der Waals surface area contributed by atoms with Gasteiger partial charge in [0.15, 0.2) is 0 Å². The summed E-state index contributed by atoms with van der Waals surface area (Å²) in [6, 6.07) is 6.12. The molecule has 1 saturated heterocycles. The molecule has 1 aromatic carbocycles. The first-order chi connectivity index (χ1) is 8.54. The van der Waals surface area contributed by atoms with Crippen LogP contribution in [-0.4, -0.2) is 37.0 Å². The summed E-state index contributed by atoms with van der Waals surface area (Å²) in [5, 5.41) is 3.12. The highest BCUT2D eigenvalue weighted by Gasteiger charge is 2.19. The zero-order valence-corrected chi connectivity index (χ0v) is 12.5. The third-order valence-electron chi connectivity index (χ3n) is 3.36. The van der Waals surface area contributed by atoms with Crippen molar-refractivity contribution in [3.63, 3.8) is 0 Å². The third-order valence-corrected chi connectivity index (χ3v) is 3.82. The molecule has 0 radical (unpaired) electrons. The lowest BCUT2D eigenvalue weighted by Gasteiger charge is -2.29. The van der Waals surface area contributed by atoms with Gasteiger partial charge in [0.05, 0.1) is 0 Å². The van der Waals surface area contributed by atoms with Gasteiger partial charge >= 0.3 is 0 Å². The molecule has 18 heavy (non-hydrogen) atoms. The molecule has 1 heterocycles. The molecule has 1 aliphatic heterocycles. The number of aryl methyl sites for hydroxylation is 1. The number of nitrogens with one attached hydrogen (secondary N) is 1. The van der Waals surface area contributed by atoms with E-state index in [0.717, 1.165) is 41.5 Å². The van der Waals surface area contributed by atoms with Gasteiger partial charge in [-0.3, -0.25) is 4.79 Å². The van der Waals surface area contributed by atoms with Crippen LogP contribution in [0.2, 0.25) is 0 Å². The Labute approximate surface area is 117 Å². The van der Waals surface area contributed by atoms with Crippen molar-refractivity contribution in [3.05, 3.63) is 33.8 Å². The number of nitrogens with zero attached hydrogens (tertiary/aromatic N) is 1. The fourth-order valence-corrected chi connectivity index (χ4v) is 2.90. The minimum atomic E-state index is 0.0361. The van der Waals surface area contributed by atoms with Crippen LogP contribution in [0.5, 0.6) is 0 Å². The number of carbonyl (C=O) groups excluding carboxylic acids is 1. The van der Waals surface area contributed by atoms with E-state index in [2.05, 4.69) is 33.2 Å². The first-order valence-electron chi connectivity index (χ1n) is 6.31. The number of halogens is 1. The smallest absolute Gasteiger partial charge is 0.251 e. The molecule has 0 spiro atoms. The maximum Gasteiger partial charge on any atom is 0.251 e. The fraction of sp³-hybridized carbons (Fsp3) is 0.500. The zero-order valence-electron chi connectivity index (χ0n) is 10.9. The van der Waals surface area contributed by atoms with Crippen molar-refractivity contribution in [1.82, 2.24) is 10.2 Å². The maximum absolute atomic E-state index is 12.2. The Morgan fingerprint density at radius 2 is 2.00 bits per heavy atom. The summed E-state index contributed by atoms with van der Waals surface area (Å²) in [6.07, 6.45) is 2.07. The standard InChI is InChI=1S/C14H19BrN2O/c1-10-7-11(9-12(15)8-10)14(18)16-13-3-5-17(2)6-4-13/h7-9,13H,3-6H2,1-2H3,(H,16,18). The van der Waals surface area contributed by atoms with Gasteiger partial charge in [0, 0.05) is 16.1 Å². The van der Waals surface area contributed by atoms with Crippen LogP contribution in [-0.2, 0) is 0 Å². The average molecular weight is 311 g/mol. The molecule has 1 aromatic rings. The molecule has 98 valence electrons. The van der Waals surface area contributed by atoms with Crippen LogP contribution >= 0.6 is 15.9 Å². The van der Waals surface area contributed by atoms with Crippen molar-refractivity contribution in [3.8, 4) is 0 Å². The van der Waals surface area contributed by atoms with Gasteiger partial charge < -0.3 is 10.2 Å². The van der Waals surface area contributed by atoms with Gasteiger partial charge in [0.25, 0.3) is 5.91 Å². The molecule has 1 fully saturated rings. The SMILES string of the molecule is Cc1cc(Br)cc(C(=O)NC2CCN(C)CC2)c1. The molecule has 0 bridgehead atoms. The maximum atomic E-state index is 12.2. The summed E-state index contributed by atoms with van der Waals surface area (Å²) in [6.45, 7) is 4.11. The lowest BCUT2D eigenvalue weighted by molar-refractivity contribution is 0.0916. The molecule has 2 rings (SSSR count). The topological polar surface area (TPSA) is 32.3 Å². The van der Waals surface area contributed by atoms with Crippen molar-refractivity contribution in [2.75, 3.05) is 20.1 Å². The van der Waals surface area contributed by atoms with Crippen molar-refractivity contribution < 1.29 is 4.79 Å². The van der Waals surface area contributed by atoms with Gasteiger partial charge in [-0.1, -0.05) is 15.9 Å². The summed E-state index contributed by atoms with van der Waals surface area (Å²) >= 11 is 3.43. The van der Waals surface area contributed by atoms with Crippen LogP contribution in [0.15, 0.2) is 22.7 Å². The van der Waals surface area contributed by atoms with Gasteiger partial charge in [-0.25, -0.2) is 0 Å². The van der Waals surface area contributed by atoms with Crippen LogP contribution in [0, 0.1) is 6.92 Å². The van der Waals surface area contributed by atoms with Crippen molar-refractivity contribution in [1.29, 1.82) is 0 Å². The predicted molar refractivity (Wildman–Crippen MR) is 76.9 cm³/mol. The lowest BCUT2D eigenvalue weighted by atomic mass is 10.0. The minimum Gasteiger partial charge on any atom is -0.349 e. The molecule has 0 saturated carbocycles. The van der Waals surface area contributed by atoms with Gasteiger partial charge in [-0.05, 0) is 63.7 Å². The van der Waals surface area contributed by atoms with Gasteiger partial charge in [-0.2, -0.15) is 0 Å². The highest BCUT2D eigenvalue weighted by Crippen LogP contribution is 2.16. The molecule has 3 nitrogen and oxygen atoms in total. The minimum absolute atomic E-state index is 0.0361. The molecule has 0 unspecified atom stereocenters. The van der Waals surface area contributed by atoms with Crippen LogP contribution in [0.3, 0.4) is 0 Å². The number of hydrogen-bond donors (Lipinski definition) is 1. The summed E-state index contributed by atoms with van der Waals surface area (Å²) in [5.74, 6) is 0.0361. The molecular formula is C14H19BrN2O. The fourth-order valence-electron chi connectivity index (χ4n) is 2.29. The highest BCUT2D eigenvalue weighted by atomic mass is 79.9. The van der Waals surface area contributed by atoms with Crippen LogP contribution in [0.4, 0.5) is 0 Å². The Balaban J connectivity index is 1.99. The number of likely N-dealkylation sites (tertiary alicyclic amines) is 1. The summed E-state index contributed by atoms with van der Waals surface area (Å²) in [5.41, 5.74) is 1.83. The van der Waals surface area contributed by atoms with Gasteiger partial charge in [-0.15, -0.1) is 0 Å². The van der Waals surface area contributed by atoms with E-state index in [9.17, 15) is 4.79 Å². The van der Waals surface area contributed by atoms with E-state index in [1.807, 2.05) is 25.1 Å². The van der Waals surface area contributed by atoms with E-state index < -0.39 is 0 Å². The Bertz CT molecular complexity index is 419. The number of hydrogen-bond acceptors (Lipinski definition) is 2. The molecule has 0 aliphatic carbocycles. The number of amides is 1. The van der Waals surface area contributed by atoms with Gasteiger partial charge in [0.1, 0.15) is 0 Å². The predicted octanol–water partition coefficient (Wildman–Crippen LogP) is 2.58. The van der Waals surface area contributed by atoms with E-state index in [1.54, 1.807) is 0 Å². The monoisotopic (exact) mass is 310 g/mol. The van der Waals surface area contributed by atoms with E-state index in [-0.39, 0.29) is 5.91 Å². The molecule has 0 atom stereocenters. The van der Waals surface area contributed by atoms with Crippen molar-refractivity contribution >= 4 is 21.8 Å². The number of benzene rings is 1. The molecule has 1 amide bonds. The van der Waals surface area contributed by atoms with E-state index >= 15 is 0 Å². The van der Waals surface area contributed by atoms with Gasteiger partial charge in [0.2, 0.25) is 0 Å². The quantitative estimate of drug-likeness (QED) is 0.910. The van der Waals surface area contributed by atoms with Crippen molar-refractivity contribution in [2.45, 2.75) is 25.8 Å². The van der Waals surface area contributed by atoms with Crippen LogP contribution < -0.4 is 5.32 Å². The largest absolute Gasteiger partial charge is 0.349 e. The number of rotatable bonds is 2. The summed E-state index contributed by atoms with van der Waals surface area (Å²) < 4.78 is 0.955. The molecule has 1 aliphatic rings. The Hall–Kier alpha value is -0.870. The van der Waals surface area contributed by atoms with Crippen LogP contribution in [0.1, 0.15) is 28.8 Å². The zero-order chi connectivity index (χ0) is 13.1. The Morgan fingerprint density at radius 1 is 1.33 bits per heavy atom. The number of piperidine rings is 1. The second kappa shape index (κ2) is 5.85. The van der Waals surface area contributed by atoms with Crippen molar-refractivity contribution in [2.24, 2.45) is 0 Å². The van der Waals surface area contributed by atoms with E-state index in [4.69, 9.17) is 0 Å². The normalized spacial score (nSPS) is 17.7. The third kappa shape index (κ3) is 3.56. The number of carbonyl (C=O) groups is 1. The molecule has 1 N–H and O–H groups in total. The Kier molecular flexibility index (Phi) is 4.40. The highest BCUT2D eigenvalue weighted by molar-refractivity contribution is 9.10.